The van der Waals surface area contributed by atoms with E-state index in [1.54, 1.807) is 4.57 Å². The van der Waals surface area contributed by atoms with Gasteiger partial charge in [-0.2, -0.15) is 0 Å². The number of aromatic nitrogens is 4. The number of aliphatic hydroxyl groups is 1. The average molecular weight is 361 g/mol. The lowest BCUT2D eigenvalue weighted by molar-refractivity contribution is -0.178. The SMILES string of the molecule is Nc1ncnc2c1ncn2[C@H]1C[C@H](O)[C@@H](COP([O-])(=S)[S-])O1. The maximum absolute atomic E-state index is 11.2. The molecule has 4 atom stereocenters. The summed E-state index contributed by atoms with van der Waals surface area (Å²) < 4.78 is 12.2. The van der Waals surface area contributed by atoms with Crippen molar-refractivity contribution in [2.75, 3.05) is 12.3 Å². The highest BCUT2D eigenvalue weighted by Gasteiger charge is 2.36. The van der Waals surface area contributed by atoms with Crippen LogP contribution in [0.3, 0.4) is 0 Å². The van der Waals surface area contributed by atoms with Crippen LogP contribution in [0.25, 0.3) is 11.2 Å². The molecule has 1 aliphatic rings. The summed E-state index contributed by atoms with van der Waals surface area (Å²) in [6.45, 7) is -0.133. The van der Waals surface area contributed by atoms with Gasteiger partial charge in [-0.15, -0.1) is 17.5 Å². The number of anilines is 1. The fourth-order valence-corrected chi connectivity index (χ4v) is 2.98. The van der Waals surface area contributed by atoms with Gasteiger partial charge < -0.3 is 37.2 Å². The van der Waals surface area contributed by atoms with Gasteiger partial charge in [-0.3, -0.25) is 4.57 Å². The number of hydrogen-bond donors (Lipinski definition) is 2. The highest BCUT2D eigenvalue weighted by Crippen LogP contribution is 2.37. The van der Waals surface area contributed by atoms with Crippen molar-refractivity contribution in [3.63, 3.8) is 0 Å². The van der Waals surface area contributed by atoms with Crippen LogP contribution >= 0.6 is 5.69 Å². The van der Waals surface area contributed by atoms with Gasteiger partial charge >= 0.3 is 0 Å². The zero-order valence-corrected chi connectivity index (χ0v) is 13.6. The van der Waals surface area contributed by atoms with Crippen LogP contribution in [0.2, 0.25) is 0 Å². The molecular formula is C10H12N5O4PS2-2. The van der Waals surface area contributed by atoms with Crippen molar-refractivity contribution in [3.05, 3.63) is 12.7 Å². The maximum Gasteiger partial charge on any atom is 0.167 e. The van der Waals surface area contributed by atoms with Gasteiger partial charge in [0, 0.05) is 6.42 Å². The predicted octanol–water partition coefficient (Wildman–Crippen LogP) is -0.795. The molecule has 0 aromatic carbocycles. The smallest absolute Gasteiger partial charge is 0.167 e. The molecule has 0 saturated carbocycles. The second kappa shape index (κ2) is 6.00. The van der Waals surface area contributed by atoms with Crippen LogP contribution in [0, 0.1) is 0 Å². The molecule has 0 amide bonds. The number of nitrogens with zero attached hydrogens (tertiary/aromatic N) is 4. The topological polar surface area (TPSA) is 131 Å². The molecule has 3 N–H and O–H groups in total. The molecule has 3 rings (SSSR count). The normalized spacial score (nSPS) is 28.0. The first-order chi connectivity index (χ1) is 10.3. The summed E-state index contributed by atoms with van der Waals surface area (Å²) >= 11 is 9.02. The van der Waals surface area contributed by atoms with Crippen LogP contribution in [0.1, 0.15) is 12.6 Å². The Morgan fingerprint density at radius 2 is 2.36 bits per heavy atom. The zero-order valence-electron chi connectivity index (χ0n) is 11.1. The molecule has 1 unspecified atom stereocenters. The van der Waals surface area contributed by atoms with Crippen LogP contribution in [-0.2, 0) is 33.3 Å². The monoisotopic (exact) mass is 361 g/mol. The van der Waals surface area contributed by atoms with E-state index in [1.807, 2.05) is 0 Å². The first-order valence-corrected chi connectivity index (χ1v) is 9.93. The lowest BCUT2D eigenvalue weighted by Crippen LogP contribution is -2.26. The second-order valence-corrected chi connectivity index (χ2v) is 9.49. The van der Waals surface area contributed by atoms with Crippen molar-refractivity contribution < 1.29 is 19.3 Å². The van der Waals surface area contributed by atoms with Crippen molar-refractivity contribution >= 4 is 46.7 Å². The summed E-state index contributed by atoms with van der Waals surface area (Å²) in [4.78, 5) is 23.3. The first-order valence-electron chi connectivity index (χ1n) is 6.28. The van der Waals surface area contributed by atoms with Gasteiger partial charge in [-0.25, -0.2) is 15.0 Å². The molecule has 2 aromatic heterocycles. The Morgan fingerprint density at radius 1 is 1.59 bits per heavy atom. The van der Waals surface area contributed by atoms with Gasteiger partial charge in [0.1, 0.15) is 24.2 Å². The molecule has 1 fully saturated rings. The number of fused-ring (bicyclic) bond motifs is 1. The number of ether oxygens (including phenoxy) is 1. The Kier molecular flexibility index (Phi) is 4.38. The Hall–Kier alpha value is -0.810. The average Bonchev–Trinajstić information content (AvgIpc) is 3.00. The van der Waals surface area contributed by atoms with E-state index >= 15 is 0 Å². The Labute approximate surface area is 135 Å². The number of aliphatic hydroxyl groups excluding tert-OH is 1. The molecule has 0 spiro atoms. The number of imidazole rings is 1. The molecule has 3 heterocycles. The van der Waals surface area contributed by atoms with Gasteiger partial charge in [-0.1, -0.05) is 0 Å². The fourth-order valence-electron chi connectivity index (χ4n) is 2.28. The quantitative estimate of drug-likeness (QED) is 0.527. The van der Waals surface area contributed by atoms with E-state index in [9.17, 15) is 10.00 Å². The molecule has 0 aliphatic carbocycles. The van der Waals surface area contributed by atoms with Gasteiger partial charge in [-0.05, 0) is 0 Å². The third-order valence-corrected chi connectivity index (χ3v) is 4.40. The third kappa shape index (κ3) is 3.25. The Bertz CT molecular complexity index is 737. The molecule has 2 aromatic rings. The number of hydrogen-bond acceptors (Lipinski definition) is 10. The molecule has 1 saturated heterocycles. The molecule has 22 heavy (non-hydrogen) atoms. The minimum Gasteiger partial charge on any atom is -0.819 e. The van der Waals surface area contributed by atoms with Crippen molar-refractivity contribution in [1.29, 1.82) is 0 Å². The first kappa shape index (κ1) is 16.1. The lowest BCUT2D eigenvalue weighted by Gasteiger charge is -2.36. The molecule has 1 aliphatic heterocycles. The molecule has 9 nitrogen and oxygen atoms in total. The van der Waals surface area contributed by atoms with Gasteiger partial charge in [0.05, 0.1) is 19.0 Å². The highest BCUT2D eigenvalue weighted by molar-refractivity contribution is 8.50. The molecular weight excluding hydrogens is 349 g/mol. The summed E-state index contributed by atoms with van der Waals surface area (Å²) in [5, 5.41) is 10.0. The summed E-state index contributed by atoms with van der Waals surface area (Å²) in [6, 6.07) is 0. The Morgan fingerprint density at radius 3 is 3.09 bits per heavy atom. The standard InChI is InChI=1S/C10H14N5O4PS2/c11-9-8-10(13-3-12-9)15(4-14-8)7-1-5(16)6(19-7)2-18-20(17,21)22/h3-7,16H,1-2H2,(H2,11,12,13)(H2,17,21,22)/p-2/t5-,6+,7+/m0/s1. The Balaban J connectivity index is 1.78. The minimum atomic E-state index is -3.45. The minimum absolute atomic E-state index is 0.133. The van der Waals surface area contributed by atoms with Crippen molar-refractivity contribution in [2.45, 2.75) is 24.9 Å². The highest BCUT2D eigenvalue weighted by atomic mass is 32.9. The van der Waals surface area contributed by atoms with Crippen LogP contribution in [-0.4, -0.2) is 43.4 Å². The molecule has 0 radical (unpaired) electrons. The summed E-state index contributed by atoms with van der Waals surface area (Å²) in [7, 11) is 0. The van der Waals surface area contributed by atoms with Crippen LogP contribution < -0.4 is 10.6 Å². The van der Waals surface area contributed by atoms with Crippen LogP contribution in [0.4, 0.5) is 5.82 Å². The largest absolute Gasteiger partial charge is 0.819 e. The van der Waals surface area contributed by atoms with Crippen LogP contribution in [0.5, 0.6) is 0 Å². The van der Waals surface area contributed by atoms with E-state index in [2.05, 4.69) is 39.0 Å². The maximum atomic E-state index is 11.2. The van der Waals surface area contributed by atoms with E-state index in [-0.39, 0.29) is 12.4 Å². The van der Waals surface area contributed by atoms with Crippen molar-refractivity contribution in [2.24, 2.45) is 0 Å². The number of nitrogens with two attached hydrogens (primary N) is 1. The zero-order chi connectivity index (χ0) is 15.9. The van der Waals surface area contributed by atoms with E-state index in [0.29, 0.717) is 17.6 Å². The molecule has 120 valence electrons. The number of nitrogen functional groups attached to an aromatic ring is 1. The van der Waals surface area contributed by atoms with E-state index in [1.165, 1.54) is 12.7 Å². The van der Waals surface area contributed by atoms with Crippen molar-refractivity contribution in [1.82, 2.24) is 19.5 Å². The summed E-state index contributed by atoms with van der Waals surface area (Å²) in [5.41, 5.74) is 3.24. The molecule has 0 bridgehead atoms. The lowest BCUT2D eigenvalue weighted by atomic mass is 10.2. The predicted molar refractivity (Wildman–Crippen MR) is 81.9 cm³/mol. The van der Waals surface area contributed by atoms with E-state index in [4.69, 9.17) is 15.0 Å². The fraction of sp³-hybridized carbons (Fsp3) is 0.500. The van der Waals surface area contributed by atoms with Crippen molar-refractivity contribution in [3.8, 4) is 0 Å². The summed E-state index contributed by atoms with van der Waals surface area (Å²) in [6.07, 6.45) is 1.15. The van der Waals surface area contributed by atoms with Gasteiger partial charge in [0.15, 0.2) is 11.5 Å². The second-order valence-electron chi connectivity index (χ2n) is 4.76. The van der Waals surface area contributed by atoms with E-state index in [0.717, 1.165) is 0 Å². The van der Waals surface area contributed by atoms with E-state index < -0.39 is 24.1 Å². The third-order valence-electron chi connectivity index (χ3n) is 3.30. The van der Waals surface area contributed by atoms with Gasteiger partial charge in [0.25, 0.3) is 0 Å². The molecule has 12 heteroatoms. The number of rotatable bonds is 4. The summed E-state index contributed by atoms with van der Waals surface area (Å²) in [5.74, 6) is 0.264. The van der Waals surface area contributed by atoms with Crippen LogP contribution in [0.15, 0.2) is 12.7 Å². The van der Waals surface area contributed by atoms with Gasteiger partial charge in [0.2, 0.25) is 0 Å².